The first-order chi connectivity index (χ1) is 10.5. The van der Waals surface area contributed by atoms with Crippen molar-refractivity contribution < 1.29 is 9.69 Å². The number of carbonyl (C=O) groups excluding carboxylic acids is 1. The molecule has 2 heterocycles. The maximum absolute atomic E-state index is 12.1. The lowest BCUT2D eigenvalue weighted by Gasteiger charge is -2.13. The average Bonchev–Trinajstić information content (AvgIpc) is 3.23. The average molecular weight is 301 g/mol. The number of rotatable bonds is 5. The normalized spacial score (nSPS) is 15.7. The maximum atomic E-state index is 12.1. The Morgan fingerprint density at radius 2 is 2.23 bits per heavy atom. The van der Waals surface area contributed by atoms with Crippen LogP contribution in [-0.4, -0.2) is 34.9 Å². The molecule has 0 aliphatic heterocycles. The molecule has 1 aliphatic carbocycles. The van der Waals surface area contributed by atoms with Gasteiger partial charge in [-0.05, 0) is 31.4 Å². The molecule has 22 heavy (non-hydrogen) atoms. The molecule has 6 nitrogen and oxygen atoms in total. The van der Waals surface area contributed by atoms with E-state index in [1.54, 1.807) is 16.7 Å². The van der Waals surface area contributed by atoms with Crippen molar-refractivity contribution >= 4 is 11.6 Å². The van der Waals surface area contributed by atoms with Gasteiger partial charge in [-0.3, -0.25) is 14.0 Å². The molecule has 0 bridgehead atoms. The minimum atomic E-state index is -0.0843. The van der Waals surface area contributed by atoms with Crippen LogP contribution in [0.5, 0.6) is 0 Å². The van der Waals surface area contributed by atoms with E-state index in [-0.39, 0.29) is 11.5 Å². The Bertz CT molecular complexity index is 764. The number of hydrogen-bond acceptors (Lipinski definition) is 3. The molecule has 1 amide bonds. The van der Waals surface area contributed by atoms with Crippen LogP contribution in [0.25, 0.3) is 5.65 Å². The number of amides is 1. The van der Waals surface area contributed by atoms with Gasteiger partial charge in [0.15, 0.2) is 6.54 Å². The van der Waals surface area contributed by atoms with Gasteiger partial charge in [-0.15, -0.1) is 0 Å². The summed E-state index contributed by atoms with van der Waals surface area (Å²) in [5.74, 6) is 0.0631. The first-order valence-electron chi connectivity index (χ1n) is 7.61. The summed E-state index contributed by atoms with van der Waals surface area (Å²) in [5.41, 5.74) is 2.29. The number of aryl methyl sites for hydroxylation is 1. The summed E-state index contributed by atoms with van der Waals surface area (Å²) >= 11 is 0. The van der Waals surface area contributed by atoms with Gasteiger partial charge in [-0.25, -0.2) is 4.98 Å². The molecule has 6 heteroatoms. The van der Waals surface area contributed by atoms with E-state index < -0.39 is 0 Å². The van der Waals surface area contributed by atoms with Crippen LogP contribution in [-0.2, 0) is 11.3 Å². The summed E-state index contributed by atoms with van der Waals surface area (Å²) in [6.07, 6.45) is 3.97. The van der Waals surface area contributed by atoms with Gasteiger partial charge in [-0.1, -0.05) is 6.07 Å². The minimum absolute atomic E-state index is 0.0631. The number of hydrogen-bond donors (Lipinski definition) is 2. The number of likely N-dealkylation sites (N-methyl/N-ethyl adjacent to an activating group) is 1. The molecule has 0 aromatic carbocycles. The monoisotopic (exact) mass is 301 g/mol. The van der Waals surface area contributed by atoms with Crippen LogP contribution in [0, 0.1) is 6.92 Å². The molecule has 116 valence electrons. The van der Waals surface area contributed by atoms with Gasteiger partial charge in [-0.2, -0.15) is 0 Å². The molecule has 2 N–H and O–H groups in total. The van der Waals surface area contributed by atoms with E-state index in [2.05, 4.69) is 10.3 Å². The highest BCUT2D eigenvalue weighted by Gasteiger charge is 2.24. The van der Waals surface area contributed by atoms with Crippen molar-refractivity contribution in [3.63, 3.8) is 0 Å². The Hall–Kier alpha value is -2.21. The highest BCUT2D eigenvalue weighted by Crippen LogP contribution is 2.17. The van der Waals surface area contributed by atoms with Gasteiger partial charge in [0.2, 0.25) is 0 Å². The first-order valence-corrected chi connectivity index (χ1v) is 7.61. The summed E-state index contributed by atoms with van der Waals surface area (Å²) in [7, 11) is 1.94. The van der Waals surface area contributed by atoms with Crippen LogP contribution in [0.15, 0.2) is 29.2 Å². The third-order valence-corrected chi connectivity index (χ3v) is 3.75. The SMILES string of the molecule is Cc1ccc2nc(C[NH+](C)CC(=O)NC3CC3)cc(=O)n2c1. The molecular weight excluding hydrogens is 280 g/mol. The van der Waals surface area contributed by atoms with Gasteiger partial charge in [0.05, 0.1) is 7.05 Å². The quantitative estimate of drug-likeness (QED) is 0.767. The van der Waals surface area contributed by atoms with E-state index in [0.29, 0.717) is 30.5 Å². The Morgan fingerprint density at radius 3 is 2.95 bits per heavy atom. The van der Waals surface area contributed by atoms with E-state index >= 15 is 0 Å². The Balaban J connectivity index is 1.71. The summed E-state index contributed by atoms with van der Waals surface area (Å²) in [6, 6.07) is 5.71. The summed E-state index contributed by atoms with van der Waals surface area (Å²) in [5, 5.41) is 2.97. The van der Waals surface area contributed by atoms with Crippen LogP contribution in [0.2, 0.25) is 0 Å². The van der Waals surface area contributed by atoms with Gasteiger partial charge >= 0.3 is 0 Å². The lowest BCUT2D eigenvalue weighted by Crippen LogP contribution is -3.09. The minimum Gasteiger partial charge on any atom is -0.348 e. The highest BCUT2D eigenvalue weighted by atomic mass is 16.2. The third-order valence-electron chi connectivity index (χ3n) is 3.75. The Kier molecular flexibility index (Phi) is 3.94. The van der Waals surface area contributed by atoms with Crippen molar-refractivity contribution in [2.75, 3.05) is 13.6 Å². The van der Waals surface area contributed by atoms with Crippen molar-refractivity contribution in [1.82, 2.24) is 14.7 Å². The van der Waals surface area contributed by atoms with Crippen LogP contribution in [0.1, 0.15) is 24.1 Å². The number of aromatic nitrogens is 2. The molecule has 1 fully saturated rings. The topological polar surface area (TPSA) is 67.9 Å². The number of carbonyl (C=O) groups is 1. The predicted molar refractivity (Wildman–Crippen MR) is 82.8 cm³/mol. The van der Waals surface area contributed by atoms with Crippen LogP contribution in [0.3, 0.4) is 0 Å². The molecular formula is C16H21N4O2+. The zero-order valence-electron chi connectivity index (χ0n) is 12.9. The van der Waals surface area contributed by atoms with Gasteiger partial charge in [0.1, 0.15) is 17.9 Å². The highest BCUT2D eigenvalue weighted by molar-refractivity contribution is 5.77. The number of quaternary nitrogens is 1. The fourth-order valence-electron chi connectivity index (χ4n) is 2.50. The smallest absolute Gasteiger partial charge is 0.275 e. The molecule has 1 aliphatic rings. The molecule has 0 saturated heterocycles. The maximum Gasteiger partial charge on any atom is 0.275 e. The van der Waals surface area contributed by atoms with Crippen molar-refractivity contribution in [2.45, 2.75) is 32.4 Å². The summed E-state index contributed by atoms with van der Waals surface area (Å²) in [4.78, 5) is 29.5. The molecule has 2 aromatic rings. The van der Waals surface area contributed by atoms with Crippen molar-refractivity contribution in [3.05, 3.63) is 46.0 Å². The van der Waals surface area contributed by atoms with E-state index in [0.717, 1.165) is 23.3 Å². The van der Waals surface area contributed by atoms with Gasteiger partial charge in [0, 0.05) is 18.3 Å². The number of nitrogens with zero attached hydrogens (tertiary/aromatic N) is 2. The molecule has 0 spiro atoms. The summed E-state index contributed by atoms with van der Waals surface area (Å²) in [6.45, 7) is 2.89. The molecule has 2 aromatic heterocycles. The number of fused-ring (bicyclic) bond motifs is 1. The zero-order valence-corrected chi connectivity index (χ0v) is 12.9. The van der Waals surface area contributed by atoms with Crippen LogP contribution >= 0.6 is 0 Å². The fourth-order valence-corrected chi connectivity index (χ4v) is 2.50. The molecule has 0 radical (unpaired) electrons. The Labute approximate surface area is 128 Å². The van der Waals surface area contributed by atoms with Crippen molar-refractivity contribution in [2.24, 2.45) is 0 Å². The zero-order chi connectivity index (χ0) is 15.7. The van der Waals surface area contributed by atoms with Gasteiger partial charge < -0.3 is 10.2 Å². The molecule has 3 rings (SSSR count). The second kappa shape index (κ2) is 5.88. The first kappa shape index (κ1) is 14.7. The van der Waals surface area contributed by atoms with E-state index in [1.165, 1.54) is 0 Å². The third kappa shape index (κ3) is 3.51. The second-order valence-electron chi connectivity index (χ2n) is 6.17. The lowest BCUT2D eigenvalue weighted by atomic mass is 10.3. The number of pyridine rings is 1. The largest absolute Gasteiger partial charge is 0.348 e. The lowest BCUT2D eigenvalue weighted by molar-refractivity contribution is -0.885. The van der Waals surface area contributed by atoms with E-state index in [4.69, 9.17) is 0 Å². The second-order valence-corrected chi connectivity index (χ2v) is 6.17. The standard InChI is InChI=1S/C16H20N4O2/c1-11-3-6-14-17-13(7-16(22)20(14)8-11)9-19(2)10-15(21)18-12-4-5-12/h3,6-8,12H,4-5,9-10H2,1-2H3,(H,18,21)/p+1. The van der Waals surface area contributed by atoms with E-state index in [9.17, 15) is 9.59 Å². The summed E-state index contributed by atoms with van der Waals surface area (Å²) < 4.78 is 1.55. The molecule has 1 unspecified atom stereocenters. The van der Waals surface area contributed by atoms with Crippen molar-refractivity contribution in [3.8, 4) is 0 Å². The van der Waals surface area contributed by atoms with E-state index in [1.807, 2.05) is 26.1 Å². The number of nitrogens with one attached hydrogen (secondary N) is 2. The fraction of sp³-hybridized carbons (Fsp3) is 0.438. The Morgan fingerprint density at radius 1 is 1.45 bits per heavy atom. The van der Waals surface area contributed by atoms with Crippen molar-refractivity contribution in [1.29, 1.82) is 0 Å². The van der Waals surface area contributed by atoms with Gasteiger partial charge in [0.25, 0.3) is 11.5 Å². The molecule has 1 atom stereocenters. The predicted octanol–water partition coefficient (Wildman–Crippen LogP) is -0.704. The van der Waals surface area contributed by atoms with Crippen LogP contribution in [0.4, 0.5) is 0 Å². The molecule has 1 saturated carbocycles. The van der Waals surface area contributed by atoms with Crippen LogP contribution < -0.4 is 15.8 Å².